The van der Waals surface area contributed by atoms with Crippen molar-refractivity contribution in [2.45, 2.75) is 25.8 Å². The molecule has 90 valence electrons. The highest BCUT2D eigenvalue weighted by molar-refractivity contribution is 9.11. The van der Waals surface area contributed by atoms with E-state index in [1.165, 1.54) is 0 Å². The van der Waals surface area contributed by atoms with Crippen LogP contribution in [0.25, 0.3) is 0 Å². The molecule has 0 aromatic heterocycles. The van der Waals surface area contributed by atoms with E-state index in [0.29, 0.717) is 6.61 Å². The van der Waals surface area contributed by atoms with Crippen molar-refractivity contribution < 1.29 is 4.74 Å². The molecule has 0 radical (unpaired) electrons. The first kappa shape index (κ1) is 14.5. The zero-order valence-electron chi connectivity index (χ0n) is 8.97. The van der Waals surface area contributed by atoms with E-state index in [1.807, 2.05) is 19.1 Å². The monoisotopic (exact) mass is 413 g/mol. The quantitative estimate of drug-likeness (QED) is 0.719. The molecule has 0 heterocycles. The fraction of sp³-hybridized carbons (Fsp3) is 0.455. The zero-order valence-corrected chi connectivity index (χ0v) is 13.7. The van der Waals surface area contributed by atoms with Crippen LogP contribution in [0.3, 0.4) is 0 Å². The molecule has 0 aliphatic rings. The molecular formula is C11H14Br3NO. The van der Waals surface area contributed by atoms with Crippen LogP contribution in [0.15, 0.2) is 25.6 Å². The van der Waals surface area contributed by atoms with Gasteiger partial charge >= 0.3 is 0 Å². The number of hydrogen-bond acceptors (Lipinski definition) is 2. The standard InChI is InChI=1S/C11H14Br3NO/c1-7(15)3-2-4-16-11-9(13)5-8(12)6-10(11)14/h5-7H,2-4,15H2,1H3/t7-/m1/s1. The van der Waals surface area contributed by atoms with Crippen molar-refractivity contribution in [3.05, 3.63) is 25.6 Å². The summed E-state index contributed by atoms with van der Waals surface area (Å²) in [7, 11) is 0. The van der Waals surface area contributed by atoms with Gasteiger partial charge in [0.05, 0.1) is 15.6 Å². The average Bonchev–Trinajstić information content (AvgIpc) is 2.14. The molecule has 0 amide bonds. The maximum atomic E-state index is 5.70. The maximum Gasteiger partial charge on any atom is 0.147 e. The highest BCUT2D eigenvalue weighted by atomic mass is 79.9. The van der Waals surface area contributed by atoms with Crippen molar-refractivity contribution in [2.24, 2.45) is 5.73 Å². The first-order valence-electron chi connectivity index (χ1n) is 5.03. The second-order valence-corrected chi connectivity index (χ2v) is 6.29. The lowest BCUT2D eigenvalue weighted by Gasteiger charge is -2.11. The SMILES string of the molecule is C[C@@H](N)CCCOc1c(Br)cc(Br)cc1Br. The van der Waals surface area contributed by atoms with Gasteiger partial charge in [0.1, 0.15) is 5.75 Å². The molecule has 0 spiro atoms. The second-order valence-electron chi connectivity index (χ2n) is 3.67. The van der Waals surface area contributed by atoms with Crippen LogP contribution < -0.4 is 10.5 Å². The minimum Gasteiger partial charge on any atom is -0.491 e. The Hall–Kier alpha value is 0.420. The molecule has 0 bridgehead atoms. The van der Waals surface area contributed by atoms with Gasteiger partial charge in [-0.05, 0) is 63.8 Å². The first-order valence-corrected chi connectivity index (χ1v) is 7.41. The largest absolute Gasteiger partial charge is 0.491 e. The van der Waals surface area contributed by atoms with Crippen molar-refractivity contribution in [1.82, 2.24) is 0 Å². The van der Waals surface area contributed by atoms with Crippen LogP contribution in [-0.4, -0.2) is 12.6 Å². The molecule has 0 aliphatic carbocycles. The van der Waals surface area contributed by atoms with E-state index < -0.39 is 0 Å². The van der Waals surface area contributed by atoms with Gasteiger partial charge in [0.2, 0.25) is 0 Å². The van der Waals surface area contributed by atoms with Gasteiger partial charge in [-0.15, -0.1) is 0 Å². The van der Waals surface area contributed by atoms with E-state index in [2.05, 4.69) is 47.8 Å². The summed E-state index contributed by atoms with van der Waals surface area (Å²) in [6.07, 6.45) is 1.94. The average molecular weight is 416 g/mol. The van der Waals surface area contributed by atoms with Crippen LogP contribution in [0.1, 0.15) is 19.8 Å². The summed E-state index contributed by atoms with van der Waals surface area (Å²) in [5, 5.41) is 0. The Morgan fingerprint density at radius 1 is 1.25 bits per heavy atom. The van der Waals surface area contributed by atoms with Gasteiger partial charge in [-0.25, -0.2) is 0 Å². The lowest BCUT2D eigenvalue weighted by atomic mass is 10.2. The van der Waals surface area contributed by atoms with E-state index >= 15 is 0 Å². The van der Waals surface area contributed by atoms with Crippen molar-refractivity contribution in [3.63, 3.8) is 0 Å². The molecule has 2 N–H and O–H groups in total. The molecule has 1 atom stereocenters. The van der Waals surface area contributed by atoms with Crippen LogP contribution in [0, 0.1) is 0 Å². The number of nitrogens with two attached hydrogens (primary N) is 1. The second kappa shape index (κ2) is 6.99. The molecule has 1 rings (SSSR count). The van der Waals surface area contributed by atoms with Crippen LogP contribution in [-0.2, 0) is 0 Å². The number of benzene rings is 1. The Balaban J connectivity index is 2.54. The normalized spacial score (nSPS) is 12.6. The van der Waals surface area contributed by atoms with Gasteiger partial charge in [-0.3, -0.25) is 0 Å². The molecule has 0 saturated carbocycles. The minimum atomic E-state index is 0.236. The van der Waals surface area contributed by atoms with Crippen LogP contribution in [0.5, 0.6) is 5.75 Å². The van der Waals surface area contributed by atoms with Crippen LogP contribution in [0.2, 0.25) is 0 Å². The van der Waals surface area contributed by atoms with Crippen molar-refractivity contribution in [1.29, 1.82) is 0 Å². The smallest absolute Gasteiger partial charge is 0.147 e. The number of halogens is 3. The summed E-state index contributed by atoms with van der Waals surface area (Å²) in [5.74, 6) is 0.841. The molecule has 0 saturated heterocycles. The van der Waals surface area contributed by atoms with Gasteiger partial charge in [0.25, 0.3) is 0 Å². The summed E-state index contributed by atoms with van der Waals surface area (Å²) >= 11 is 10.4. The fourth-order valence-corrected chi connectivity index (χ4v) is 3.73. The third-order valence-corrected chi connectivity index (χ3v) is 3.65. The fourth-order valence-electron chi connectivity index (χ4n) is 1.25. The molecule has 0 fully saturated rings. The van der Waals surface area contributed by atoms with Crippen molar-refractivity contribution >= 4 is 47.8 Å². The predicted molar refractivity (Wildman–Crippen MR) is 77.9 cm³/mol. The third kappa shape index (κ3) is 4.73. The van der Waals surface area contributed by atoms with Gasteiger partial charge in [0.15, 0.2) is 0 Å². The Morgan fingerprint density at radius 2 is 1.81 bits per heavy atom. The zero-order chi connectivity index (χ0) is 12.1. The van der Waals surface area contributed by atoms with Gasteiger partial charge in [0, 0.05) is 10.5 Å². The molecule has 0 aliphatic heterocycles. The van der Waals surface area contributed by atoms with Gasteiger partial charge in [-0.2, -0.15) is 0 Å². The summed E-state index contributed by atoms with van der Waals surface area (Å²) in [4.78, 5) is 0. The maximum absolute atomic E-state index is 5.70. The lowest BCUT2D eigenvalue weighted by molar-refractivity contribution is 0.299. The molecule has 1 aromatic rings. The van der Waals surface area contributed by atoms with Crippen molar-refractivity contribution in [3.8, 4) is 5.75 Å². The van der Waals surface area contributed by atoms with Gasteiger partial charge in [-0.1, -0.05) is 15.9 Å². The third-order valence-electron chi connectivity index (χ3n) is 2.01. The summed E-state index contributed by atoms with van der Waals surface area (Å²) in [6.45, 7) is 2.69. The summed E-state index contributed by atoms with van der Waals surface area (Å²) in [5.41, 5.74) is 5.67. The van der Waals surface area contributed by atoms with E-state index in [0.717, 1.165) is 32.0 Å². The highest BCUT2D eigenvalue weighted by Gasteiger charge is 2.08. The van der Waals surface area contributed by atoms with Crippen molar-refractivity contribution in [2.75, 3.05) is 6.61 Å². The highest BCUT2D eigenvalue weighted by Crippen LogP contribution is 2.36. The Morgan fingerprint density at radius 3 is 2.31 bits per heavy atom. The topological polar surface area (TPSA) is 35.2 Å². The van der Waals surface area contributed by atoms with Gasteiger partial charge < -0.3 is 10.5 Å². The lowest BCUT2D eigenvalue weighted by Crippen LogP contribution is -2.15. The Kier molecular flexibility index (Phi) is 6.32. The summed E-state index contributed by atoms with van der Waals surface area (Å²) in [6, 6.07) is 4.16. The number of ether oxygens (including phenoxy) is 1. The molecule has 0 unspecified atom stereocenters. The van der Waals surface area contributed by atoms with Crippen LogP contribution >= 0.6 is 47.8 Å². The van der Waals surface area contributed by atoms with E-state index in [9.17, 15) is 0 Å². The van der Waals surface area contributed by atoms with E-state index in [4.69, 9.17) is 10.5 Å². The number of rotatable bonds is 5. The van der Waals surface area contributed by atoms with E-state index in [1.54, 1.807) is 0 Å². The minimum absolute atomic E-state index is 0.236. The molecule has 1 aromatic carbocycles. The molecule has 5 heteroatoms. The summed E-state index contributed by atoms with van der Waals surface area (Å²) < 4.78 is 8.59. The van der Waals surface area contributed by atoms with Crippen LogP contribution in [0.4, 0.5) is 0 Å². The molecule has 2 nitrogen and oxygen atoms in total. The Bertz CT molecular complexity index is 332. The predicted octanol–water partition coefficient (Wildman–Crippen LogP) is 4.48. The first-order chi connectivity index (χ1) is 7.50. The number of hydrogen-bond donors (Lipinski definition) is 1. The molecule has 16 heavy (non-hydrogen) atoms. The van der Waals surface area contributed by atoms with E-state index in [-0.39, 0.29) is 6.04 Å². The molecular weight excluding hydrogens is 402 g/mol. The Labute approximate surface area is 121 Å².